The molecule has 0 aliphatic carbocycles. The van der Waals surface area contributed by atoms with Gasteiger partial charge in [0.15, 0.2) is 5.17 Å². The Morgan fingerprint density at radius 2 is 2.47 bits per heavy atom. The van der Waals surface area contributed by atoms with Gasteiger partial charge in [0.2, 0.25) is 0 Å². The first-order valence-corrected chi connectivity index (χ1v) is 5.85. The van der Waals surface area contributed by atoms with E-state index in [9.17, 15) is 0 Å². The Morgan fingerprint density at radius 1 is 1.60 bits per heavy atom. The van der Waals surface area contributed by atoms with E-state index in [1.165, 1.54) is 0 Å². The van der Waals surface area contributed by atoms with Crippen LogP contribution in [0.1, 0.15) is 18.4 Å². The van der Waals surface area contributed by atoms with Crippen molar-refractivity contribution in [3.63, 3.8) is 0 Å². The predicted octanol–water partition coefficient (Wildman–Crippen LogP) is 1.37. The van der Waals surface area contributed by atoms with E-state index in [1.54, 1.807) is 18.0 Å². The van der Waals surface area contributed by atoms with Crippen molar-refractivity contribution in [1.82, 2.24) is 15.3 Å². The predicted molar refractivity (Wildman–Crippen MR) is 63.0 cm³/mol. The summed E-state index contributed by atoms with van der Waals surface area (Å²) >= 11 is 1.78. The highest BCUT2D eigenvalue weighted by Crippen LogP contribution is 2.18. The second-order valence-electron chi connectivity index (χ2n) is 3.52. The quantitative estimate of drug-likeness (QED) is 0.821. The second kappa shape index (κ2) is 4.61. The molecule has 4 nitrogen and oxygen atoms in total. The molecule has 80 valence electrons. The summed E-state index contributed by atoms with van der Waals surface area (Å²) in [4.78, 5) is 12.8. The number of thioether (sulfide) groups is 1. The Morgan fingerprint density at radius 3 is 3.13 bits per heavy atom. The maximum atomic E-state index is 4.38. The van der Waals surface area contributed by atoms with Crippen molar-refractivity contribution in [3.8, 4) is 0 Å². The average Bonchev–Trinajstić information content (AvgIpc) is 2.62. The van der Waals surface area contributed by atoms with Gasteiger partial charge in [0.05, 0.1) is 18.8 Å². The number of aryl methyl sites for hydroxylation is 1. The Balaban J connectivity index is 1.88. The average molecular weight is 222 g/mol. The normalized spacial score (nSPS) is 20.1. The van der Waals surface area contributed by atoms with Crippen LogP contribution in [-0.4, -0.2) is 26.9 Å². The van der Waals surface area contributed by atoms with Gasteiger partial charge in [0.1, 0.15) is 5.82 Å². The highest BCUT2D eigenvalue weighted by Gasteiger charge is 2.14. The van der Waals surface area contributed by atoms with Gasteiger partial charge in [-0.3, -0.25) is 4.99 Å². The molecule has 0 aromatic carbocycles. The maximum absolute atomic E-state index is 4.38. The molecule has 2 rings (SSSR count). The monoisotopic (exact) mass is 222 g/mol. The molecule has 0 fully saturated rings. The number of rotatable bonds is 2. The second-order valence-corrected chi connectivity index (χ2v) is 4.95. The van der Waals surface area contributed by atoms with E-state index >= 15 is 0 Å². The highest BCUT2D eigenvalue weighted by atomic mass is 32.2. The molecule has 0 bridgehead atoms. The van der Waals surface area contributed by atoms with Crippen LogP contribution in [0.25, 0.3) is 0 Å². The lowest BCUT2D eigenvalue weighted by Gasteiger charge is -2.05. The number of hydrogen-bond donors (Lipinski definition) is 1. The highest BCUT2D eigenvalue weighted by molar-refractivity contribution is 8.14. The maximum Gasteiger partial charge on any atom is 0.157 e. The molecule has 1 aliphatic heterocycles. The minimum Gasteiger partial charge on any atom is -0.359 e. The summed E-state index contributed by atoms with van der Waals surface area (Å²) in [6, 6.07) is 1.92. The van der Waals surface area contributed by atoms with Gasteiger partial charge in [0.25, 0.3) is 0 Å². The molecule has 1 aromatic rings. The Bertz CT molecular complexity index is 377. The van der Waals surface area contributed by atoms with Gasteiger partial charge in [-0.25, -0.2) is 9.97 Å². The molecule has 1 N–H and O–H groups in total. The molecule has 2 heterocycles. The van der Waals surface area contributed by atoms with E-state index in [0.29, 0.717) is 5.25 Å². The topological polar surface area (TPSA) is 50.2 Å². The number of amidine groups is 1. The number of nitrogens with one attached hydrogen (secondary N) is 1. The third-order valence-corrected chi connectivity index (χ3v) is 3.11. The SMILES string of the molecule is Cc1nccc(CNC2=NCC(C)S2)n1. The molecular weight excluding hydrogens is 208 g/mol. The molecule has 0 amide bonds. The van der Waals surface area contributed by atoms with Crippen molar-refractivity contribution in [3.05, 3.63) is 23.8 Å². The van der Waals surface area contributed by atoms with Crippen LogP contribution >= 0.6 is 11.8 Å². The Kier molecular flexibility index (Phi) is 3.20. The molecule has 1 aliphatic rings. The number of aliphatic imine (C=N–C) groups is 1. The van der Waals surface area contributed by atoms with Gasteiger partial charge in [-0.05, 0) is 13.0 Å². The van der Waals surface area contributed by atoms with E-state index < -0.39 is 0 Å². The van der Waals surface area contributed by atoms with Crippen molar-refractivity contribution in [1.29, 1.82) is 0 Å². The minimum absolute atomic E-state index is 0.597. The number of aromatic nitrogens is 2. The lowest BCUT2D eigenvalue weighted by molar-refractivity contribution is 0.852. The lowest BCUT2D eigenvalue weighted by Crippen LogP contribution is -2.19. The van der Waals surface area contributed by atoms with Gasteiger partial charge >= 0.3 is 0 Å². The zero-order valence-electron chi connectivity index (χ0n) is 8.90. The summed E-state index contributed by atoms with van der Waals surface area (Å²) in [7, 11) is 0. The zero-order valence-corrected chi connectivity index (χ0v) is 9.71. The molecule has 15 heavy (non-hydrogen) atoms. The third kappa shape index (κ3) is 2.92. The molecule has 5 heteroatoms. The summed E-state index contributed by atoms with van der Waals surface area (Å²) in [5, 5.41) is 4.90. The van der Waals surface area contributed by atoms with Crippen LogP contribution in [0.4, 0.5) is 0 Å². The van der Waals surface area contributed by atoms with E-state index in [1.807, 2.05) is 13.0 Å². The minimum atomic E-state index is 0.597. The molecular formula is C10H14N4S. The summed E-state index contributed by atoms with van der Waals surface area (Å²) in [5.74, 6) is 0.809. The molecule has 0 saturated heterocycles. The molecule has 1 aromatic heterocycles. The smallest absolute Gasteiger partial charge is 0.157 e. The van der Waals surface area contributed by atoms with Crippen molar-refractivity contribution < 1.29 is 0 Å². The lowest BCUT2D eigenvalue weighted by atomic mass is 10.4. The molecule has 0 saturated carbocycles. The molecule has 1 unspecified atom stereocenters. The molecule has 0 radical (unpaired) electrons. The van der Waals surface area contributed by atoms with Gasteiger partial charge < -0.3 is 5.32 Å². The fourth-order valence-electron chi connectivity index (χ4n) is 1.34. The van der Waals surface area contributed by atoms with E-state index in [4.69, 9.17) is 0 Å². The number of hydrogen-bond acceptors (Lipinski definition) is 5. The summed E-state index contributed by atoms with van der Waals surface area (Å²) < 4.78 is 0. The summed E-state index contributed by atoms with van der Waals surface area (Å²) in [5.41, 5.74) is 1.00. The van der Waals surface area contributed by atoms with Gasteiger partial charge in [-0.1, -0.05) is 18.7 Å². The molecule has 0 spiro atoms. The largest absolute Gasteiger partial charge is 0.359 e. The van der Waals surface area contributed by atoms with Crippen molar-refractivity contribution >= 4 is 16.9 Å². The first kappa shape index (κ1) is 10.4. The fourth-order valence-corrected chi connectivity index (χ4v) is 2.18. The van der Waals surface area contributed by atoms with Gasteiger partial charge in [0, 0.05) is 11.4 Å². The van der Waals surface area contributed by atoms with Crippen molar-refractivity contribution in [2.45, 2.75) is 25.6 Å². The van der Waals surface area contributed by atoms with Crippen LogP contribution in [-0.2, 0) is 6.54 Å². The van der Waals surface area contributed by atoms with Crippen LogP contribution in [0.5, 0.6) is 0 Å². The van der Waals surface area contributed by atoms with Crippen LogP contribution in [0.2, 0.25) is 0 Å². The van der Waals surface area contributed by atoms with Crippen LogP contribution in [0.3, 0.4) is 0 Å². The van der Waals surface area contributed by atoms with E-state index in [0.717, 1.165) is 29.8 Å². The fraction of sp³-hybridized carbons (Fsp3) is 0.500. The summed E-state index contributed by atoms with van der Waals surface area (Å²) in [6.07, 6.45) is 1.78. The van der Waals surface area contributed by atoms with Gasteiger partial charge in [-0.15, -0.1) is 0 Å². The number of nitrogens with zero attached hydrogens (tertiary/aromatic N) is 3. The van der Waals surface area contributed by atoms with Gasteiger partial charge in [-0.2, -0.15) is 0 Å². The first-order chi connectivity index (χ1) is 7.24. The van der Waals surface area contributed by atoms with Crippen LogP contribution < -0.4 is 5.32 Å². The third-order valence-electron chi connectivity index (χ3n) is 2.06. The van der Waals surface area contributed by atoms with Crippen LogP contribution in [0, 0.1) is 6.92 Å². The summed E-state index contributed by atoms with van der Waals surface area (Å²) in [6.45, 7) is 5.71. The zero-order chi connectivity index (χ0) is 10.7. The molecule has 1 atom stereocenters. The van der Waals surface area contributed by atoms with Crippen LogP contribution in [0.15, 0.2) is 17.3 Å². The van der Waals surface area contributed by atoms with Crippen molar-refractivity contribution in [2.24, 2.45) is 4.99 Å². The van der Waals surface area contributed by atoms with Crippen molar-refractivity contribution in [2.75, 3.05) is 6.54 Å². The Hall–Kier alpha value is -1.10. The Labute approximate surface area is 93.6 Å². The first-order valence-electron chi connectivity index (χ1n) is 4.97. The van der Waals surface area contributed by atoms with E-state index in [-0.39, 0.29) is 0 Å². The van der Waals surface area contributed by atoms with E-state index in [2.05, 4.69) is 27.2 Å². The standard InChI is InChI=1S/C10H14N4S/c1-7-5-12-10(15-7)13-6-9-3-4-11-8(2)14-9/h3-4,7H,5-6H2,1-2H3,(H,12,13).